The molecule has 0 aromatic heterocycles. The summed E-state index contributed by atoms with van der Waals surface area (Å²) in [7, 11) is 0. The molecule has 3 amide bonds. The number of nitrogens with zero attached hydrogens (tertiary/aromatic N) is 1. The number of esters is 2. The third-order valence-corrected chi connectivity index (χ3v) is 5.85. The molecule has 1 saturated heterocycles. The van der Waals surface area contributed by atoms with Crippen LogP contribution in [-0.4, -0.2) is 84.8 Å². The van der Waals surface area contributed by atoms with E-state index in [2.05, 4.69) is 27.5 Å². The highest BCUT2D eigenvalue weighted by molar-refractivity contribution is 6.00. The molecule has 2 aliphatic heterocycles. The average Bonchev–Trinajstić information content (AvgIpc) is 3.47. The molecule has 15 nitrogen and oxygen atoms in total. The van der Waals surface area contributed by atoms with Gasteiger partial charge in [-0.1, -0.05) is 18.7 Å². The minimum Gasteiger partial charge on any atom is -0.465 e. The van der Waals surface area contributed by atoms with E-state index in [9.17, 15) is 24.0 Å². The number of ether oxygens (including phenoxy) is 6. The van der Waals surface area contributed by atoms with Crippen molar-refractivity contribution in [2.75, 3.05) is 19.8 Å². The first-order chi connectivity index (χ1) is 21.1. The van der Waals surface area contributed by atoms with Crippen molar-refractivity contribution in [3.63, 3.8) is 0 Å². The lowest BCUT2D eigenvalue weighted by molar-refractivity contribution is -0.159. The Balaban J connectivity index is 1.89. The summed E-state index contributed by atoms with van der Waals surface area (Å²) >= 11 is 0. The van der Waals surface area contributed by atoms with Gasteiger partial charge in [-0.2, -0.15) is 4.99 Å². The molecule has 2 bridgehead atoms. The van der Waals surface area contributed by atoms with Crippen LogP contribution in [0.2, 0.25) is 0 Å². The van der Waals surface area contributed by atoms with Crippen molar-refractivity contribution >= 4 is 36.1 Å². The number of alkyl carbamates (subject to hydrolysis) is 2. The van der Waals surface area contributed by atoms with Crippen LogP contribution in [0.1, 0.15) is 75.2 Å². The Morgan fingerprint density at radius 1 is 0.739 bits per heavy atom. The molecule has 15 heteroatoms. The summed E-state index contributed by atoms with van der Waals surface area (Å²) in [6, 6.07) is 0. The van der Waals surface area contributed by atoms with E-state index in [1.807, 2.05) is 0 Å². The number of fused-ring (bicyclic) bond motifs is 2. The summed E-state index contributed by atoms with van der Waals surface area (Å²) in [5.41, 5.74) is -2.26. The molecule has 0 spiro atoms. The van der Waals surface area contributed by atoms with Crippen LogP contribution < -0.4 is 16.0 Å². The highest BCUT2D eigenvalue weighted by Gasteiger charge is 2.54. The van der Waals surface area contributed by atoms with Crippen LogP contribution in [0.3, 0.4) is 0 Å². The standard InChI is InChI=1S/C31H48N4O11/c1-18(33-26(38)44-29(2,3)4)32-15-17-42-25(37)23-20-14-13-19(43-20)22(23)24(36)41-16-11-12-21(34-27(39)45-30(5,6)7)35-28(40)46-31(8,9)10/h13-14,19-20,22-23,32H,1,11-12,15-17H2,2-10H3,(H,33,38)(H,34,35,39,40). The van der Waals surface area contributed by atoms with Gasteiger partial charge in [-0.25, -0.2) is 14.4 Å². The number of rotatable bonds is 11. The average molecular weight is 653 g/mol. The molecular formula is C31H48N4O11. The van der Waals surface area contributed by atoms with E-state index < -0.39 is 71.1 Å². The van der Waals surface area contributed by atoms with Gasteiger partial charge in [0.1, 0.15) is 46.9 Å². The number of amidine groups is 1. The largest absolute Gasteiger partial charge is 0.465 e. The van der Waals surface area contributed by atoms with Crippen molar-refractivity contribution < 1.29 is 52.4 Å². The molecule has 258 valence electrons. The lowest BCUT2D eigenvalue weighted by Crippen LogP contribution is -2.40. The number of hydrogen-bond acceptors (Lipinski definition) is 12. The number of hydrogen-bond donors (Lipinski definition) is 3. The second-order valence-electron chi connectivity index (χ2n) is 13.6. The number of aliphatic imine (C=N–C) groups is 1. The topological polar surface area (TPSA) is 189 Å². The van der Waals surface area contributed by atoms with Crippen molar-refractivity contribution in [3.8, 4) is 0 Å². The van der Waals surface area contributed by atoms with E-state index in [4.69, 9.17) is 28.4 Å². The molecule has 0 aliphatic carbocycles. The minimum absolute atomic E-state index is 0.0234. The van der Waals surface area contributed by atoms with Gasteiger partial charge >= 0.3 is 30.2 Å². The fraction of sp³-hybridized carbons (Fsp3) is 0.677. The Morgan fingerprint density at radius 3 is 1.72 bits per heavy atom. The van der Waals surface area contributed by atoms with Gasteiger partial charge in [0, 0.05) is 6.42 Å². The van der Waals surface area contributed by atoms with E-state index in [1.54, 1.807) is 74.5 Å². The molecule has 2 rings (SSSR count). The minimum atomic E-state index is -0.922. The van der Waals surface area contributed by atoms with Gasteiger partial charge in [0.25, 0.3) is 0 Å². The number of amides is 3. The van der Waals surface area contributed by atoms with E-state index in [0.29, 0.717) is 0 Å². The van der Waals surface area contributed by atoms with Gasteiger partial charge in [-0.05, 0) is 68.7 Å². The van der Waals surface area contributed by atoms with Crippen LogP contribution in [0.4, 0.5) is 14.4 Å². The van der Waals surface area contributed by atoms with Crippen molar-refractivity contribution in [2.24, 2.45) is 16.8 Å². The zero-order valence-corrected chi connectivity index (χ0v) is 28.1. The molecule has 0 saturated carbocycles. The lowest BCUT2D eigenvalue weighted by atomic mass is 9.83. The van der Waals surface area contributed by atoms with Crippen molar-refractivity contribution in [1.29, 1.82) is 0 Å². The van der Waals surface area contributed by atoms with Crippen LogP contribution in [0.25, 0.3) is 0 Å². The second-order valence-corrected chi connectivity index (χ2v) is 13.6. The summed E-state index contributed by atoms with van der Waals surface area (Å²) in [4.78, 5) is 66.3. The first-order valence-corrected chi connectivity index (χ1v) is 15.0. The van der Waals surface area contributed by atoms with Gasteiger partial charge in [0.2, 0.25) is 0 Å². The molecule has 0 aromatic rings. The van der Waals surface area contributed by atoms with Gasteiger partial charge in [-0.15, -0.1) is 0 Å². The van der Waals surface area contributed by atoms with Gasteiger partial charge in [0.15, 0.2) is 0 Å². The predicted octanol–water partition coefficient (Wildman–Crippen LogP) is 3.87. The summed E-state index contributed by atoms with van der Waals surface area (Å²) in [5.74, 6) is -2.99. The maximum Gasteiger partial charge on any atom is 0.435 e. The van der Waals surface area contributed by atoms with Crippen molar-refractivity contribution in [2.45, 2.75) is 104 Å². The third-order valence-electron chi connectivity index (χ3n) is 5.85. The summed E-state index contributed by atoms with van der Waals surface area (Å²) in [6.07, 6.45) is -0.0488. The SMILES string of the molecule is C=C(NCCOC(=O)C1C2C=CC(O2)C1C(=O)OCCCC(=NC(=O)OC(C)(C)C)NC(=O)OC(C)(C)C)NC(=O)OC(C)(C)C. The Bertz CT molecular complexity index is 1210. The fourth-order valence-corrected chi connectivity index (χ4v) is 4.26. The quantitative estimate of drug-likeness (QED) is 0.0731. The molecular weight excluding hydrogens is 604 g/mol. The Morgan fingerprint density at radius 2 is 1.22 bits per heavy atom. The third kappa shape index (κ3) is 13.9. The van der Waals surface area contributed by atoms with E-state index >= 15 is 0 Å². The molecule has 2 aliphatic rings. The molecule has 4 atom stereocenters. The molecule has 3 N–H and O–H groups in total. The molecule has 0 aromatic carbocycles. The fourth-order valence-electron chi connectivity index (χ4n) is 4.26. The van der Waals surface area contributed by atoms with Crippen LogP contribution in [0.5, 0.6) is 0 Å². The zero-order valence-electron chi connectivity index (χ0n) is 28.1. The number of carbonyl (C=O) groups excluding carboxylic acids is 5. The summed E-state index contributed by atoms with van der Waals surface area (Å²) in [5, 5.41) is 7.69. The van der Waals surface area contributed by atoms with E-state index in [-0.39, 0.29) is 44.3 Å². The monoisotopic (exact) mass is 652 g/mol. The highest BCUT2D eigenvalue weighted by Crippen LogP contribution is 2.40. The van der Waals surface area contributed by atoms with Gasteiger partial charge < -0.3 is 33.7 Å². The highest BCUT2D eigenvalue weighted by atomic mass is 16.6. The van der Waals surface area contributed by atoms with Crippen molar-refractivity contribution in [1.82, 2.24) is 16.0 Å². The second kappa shape index (κ2) is 15.9. The first-order valence-electron chi connectivity index (χ1n) is 15.0. The predicted molar refractivity (Wildman–Crippen MR) is 165 cm³/mol. The van der Waals surface area contributed by atoms with Crippen LogP contribution in [-0.2, 0) is 38.0 Å². The van der Waals surface area contributed by atoms with Gasteiger partial charge in [-0.3, -0.25) is 20.2 Å². The molecule has 46 heavy (non-hydrogen) atoms. The Labute approximate surface area is 269 Å². The van der Waals surface area contributed by atoms with Crippen molar-refractivity contribution in [3.05, 3.63) is 24.6 Å². The smallest absolute Gasteiger partial charge is 0.435 e. The molecule has 2 heterocycles. The summed E-state index contributed by atoms with van der Waals surface area (Å²) in [6.45, 7) is 18.9. The molecule has 1 fully saturated rings. The molecule has 0 radical (unpaired) electrons. The first kappa shape index (κ1) is 38.0. The number of nitrogens with one attached hydrogen (secondary N) is 3. The maximum atomic E-state index is 13.1. The maximum absolute atomic E-state index is 13.1. The Kier molecular flexibility index (Phi) is 13.2. The van der Waals surface area contributed by atoms with E-state index in [1.165, 1.54) is 0 Å². The van der Waals surface area contributed by atoms with Crippen LogP contribution in [0.15, 0.2) is 29.5 Å². The van der Waals surface area contributed by atoms with E-state index in [0.717, 1.165) is 0 Å². The van der Waals surface area contributed by atoms with Crippen LogP contribution in [0, 0.1) is 11.8 Å². The molecule has 4 unspecified atom stereocenters. The van der Waals surface area contributed by atoms with Gasteiger partial charge in [0.05, 0.1) is 25.4 Å². The zero-order chi connectivity index (χ0) is 34.9. The normalized spacial score (nSPS) is 20.8. The van der Waals surface area contributed by atoms with Crippen LogP contribution >= 0.6 is 0 Å². The number of carbonyl (C=O) groups is 5. The lowest BCUT2D eigenvalue weighted by Gasteiger charge is -2.23. The summed E-state index contributed by atoms with van der Waals surface area (Å²) < 4.78 is 32.2. The Hall–Kier alpha value is -4.14.